The number of nitrogens with zero attached hydrogens (tertiary/aromatic N) is 4. The lowest BCUT2D eigenvalue weighted by Gasteiger charge is -2.44. The van der Waals surface area contributed by atoms with Gasteiger partial charge in [0, 0.05) is 14.1 Å². The maximum Gasteiger partial charge on any atom is 0.272 e. The van der Waals surface area contributed by atoms with Crippen LogP contribution >= 0.6 is 0 Å². The van der Waals surface area contributed by atoms with Gasteiger partial charge in [-0.3, -0.25) is 9.80 Å². The smallest absolute Gasteiger partial charge is 0.272 e. The molecule has 0 radical (unpaired) electrons. The molecule has 1 aliphatic heterocycles. The summed E-state index contributed by atoms with van der Waals surface area (Å²) in [5, 5.41) is 7.55. The van der Waals surface area contributed by atoms with Crippen molar-refractivity contribution >= 4 is 11.9 Å². The van der Waals surface area contributed by atoms with E-state index in [4.69, 9.17) is 5.84 Å². The lowest BCUT2D eigenvalue weighted by Crippen LogP contribution is -2.60. The lowest BCUT2D eigenvalue weighted by molar-refractivity contribution is -0.139. The number of carbonyl (C=O) groups is 1. The van der Waals surface area contributed by atoms with Crippen LogP contribution in [0.3, 0.4) is 0 Å². The molecule has 0 saturated carbocycles. The van der Waals surface area contributed by atoms with Gasteiger partial charge in [0.15, 0.2) is 6.04 Å². The highest BCUT2D eigenvalue weighted by atomic mass is 16.2. The summed E-state index contributed by atoms with van der Waals surface area (Å²) < 4.78 is 0. The normalized spacial score (nSPS) is 19.6. The van der Waals surface area contributed by atoms with Gasteiger partial charge in [-0.1, -0.05) is 30.3 Å². The molecule has 2 N–H and O–H groups in total. The van der Waals surface area contributed by atoms with Crippen LogP contribution in [0.5, 0.6) is 0 Å². The molecule has 1 atom stereocenters. The zero-order valence-corrected chi connectivity index (χ0v) is 13.2. The molecule has 0 aliphatic carbocycles. The first-order valence-electron chi connectivity index (χ1n) is 6.92. The molecule has 6 heteroatoms. The van der Waals surface area contributed by atoms with E-state index in [2.05, 4.69) is 5.10 Å². The molecule has 0 fully saturated rings. The average Bonchev–Trinajstić information content (AvgIpc) is 2.40. The van der Waals surface area contributed by atoms with Gasteiger partial charge >= 0.3 is 0 Å². The molecule has 2 rings (SSSR count). The number of hydrogen-bond donors (Lipinski definition) is 1. The minimum atomic E-state index is -0.514. The molecule has 0 bridgehead atoms. The van der Waals surface area contributed by atoms with Crippen LogP contribution in [0.15, 0.2) is 35.4 Å². The van der Waals surface area contributed by atoms with Crippen LogP contribution in [0.25, 0.3) is 0 Å². The van der Waals surface area contributed by atoms with Crippen LogP contribution in [-0.2, 0) is 4.79 Å². The number of nitrogens with two attached hydrogens (primary N) is 1. The quantitative estimate of drug-likeness (QED) is 0.626. The summed E-state index contributed by atoms with van der Waals surface area (Å²) in [6.45, 7) is 6.08. The van der Waals surface area contributed by atoms with Crippen molar-refractivity contribution < 1.29 is 4.79 Å². The van der Waals surface area contributed by atoms with E-state index in [-0.39, 0.29) is 11.4 Å². The fourth-order valence-electron chi connectivity index (χ4n) is 2.30. The first kappa shape index (κ1) is 15.3. The summed E-state index contributed by atoms with van der Waals surface area (Å²) in [7, 11) is 3.63. The molecule has 6 nitrogen and oxygen atoms in total. The van der Waals surface area contributed by atoms with Crippen LogP contribution in [0.4, 0.5) is 0 Å². The second kappa shape index (κ2) is 5.37. The Hall–Kier alpha value is -2.08. The number of benzene rings is 1. The van der Waals surface area contributed by atoms with Gasteiger partial charge in [0.25, 0.3) is 5.91 Å². The van der Waals surface area contributed by atoms with Crippen molar-refractivity contribution in [2.24, 2.45) is 10.9 Å². The highest BCUT2D eigenvalue weighted by Crippen LogP contribution is 2.32. The van der Waals surface area contributed by atoms with E-state index in [1.54, 1.807) is 4.90 Å². The van der Waals surface area contributed by atoms with E-state index in [1.165, 1.54) is 0 Å². The molecule has 114 valence electrons. The number of hydrogen-bond acceptors (Lipinski definition) is 5. The van der Waals surface area contributed by atoms with Crippen molar-refractivity contribution in [3.05, 3.63) is 35.9 Å². The molecule has 0 spiro atoms. The molecule has 0 aromatic heterocycles. The molecule has 21 heavy (non-hydrogen) atoms. The third-order valence-corrected chi connectivity index (χ3v) is 3.33. The van der Waals surface area contributed by atoms with E-state index in [0.29, 0.717) is 5.96 Å². The molecule has 1 aliphatic rings. The molecular weight excluding hydrogens is 266 g/mol. The van der Waals surface area contributed by atoms with Gasteiger partial charge < -0.3 is 4.90 Å². The van der Waals surface area contributed by atoms with Crippen molar-refractivity contribution in [3.63, 3.8) is 0 Å². The average molecular weight is 289 g/mol. The summed E-state index contributed by atoms with van der Waals surface area (Å²) in [4.78, 5) is 14.5. The van der Waals surface area contributed by atoms with Gasteiger partial charge in [0.2, 0.25) is 5.96 Å². The van der Waals surface area contributed by atoms with Crippen molar-refractivity contribution in [1.29, 1.82) is 0 Å². The third-order valence-electron chi connectivity index (χ3n) is 3.33. The summed E-state index contributed by atoms with van der Waals surface area (Å²) in [5.41, 5.74) is 0.577. The number of amides is 1. The second-order valence-electron chi connectivity index (χ2n) is 6.33. The number of carbonyl (C=O) groups excluding carboxylic acids is 1. The van der Waals surface area contributed by atoms with E-state index in [9.17, 15) is 4.79 Å². The second-order valence-corrected chi connectivity index (χ2v) is 6.33. The van der Waals surface area contributed by atoms with Crippen LogP contribution < -0.4 is 5.84 Å². The molecule has 1 unspecified atom stereocenters. The van der Waals surface area contributed by atoms with Gasteiger partial charge in [0.1, 0.15) is 0 Å². The number of guanidine groups is 1. The summed E-state index contributed by atoms with van der Waals surface area (Å²) in [6.07, 6.45) is 0. The predicted molar refractivity (Wildman–Crippen MR) is 82.9 cm³/mol. The van der Waals surface area contributed by atoms with E-state index in [0.717, 1.165) is 10.6 Å². The van der Waals surface area contributed by atoms with E-state index in [1.807, 2.05) is 70.2 Å². The summed E-state index contributed by atoms with van der Waals surface area (Å²) in [5.74, 6) is 6.19. The zero-order chi connectivity index (χ0) is 15.8. The fraction of sp³-hybridized carbons (Fsp3) is 0.467. The van der Waals surface area contributed by atoms with Gasteiger partial charge in [-0.2, -0.15) is 0 Å². The Kier molecular flexibility index (Phi) is 3.91. The van der Waals surface area contributed by atoms with Crippen LogP contribution in [0.2, 0.25) is 0 Å². The first-order valence-corrected chi connectivity index (χ1v) is 6.92. The minimum absolute atomic E-state index is 0.185. The van der Waals surface area contributed by atoms with Crippen molar-refractivity contribution in [2.75, 3.05) is 14.1 Å². The Balaban J connectivity index is 2.55. The third kappa shape index (κ3) is 2.85. The SMILES string of the molecule is CN(C)C1=NN(C(C)(C)C)C(c2ccccc2)C(=O)N1N. The van der Waals surface area contributed by atoms with Crippen LogP contribution in [-0.4, -0.2) is 46.4 Å². The highest BCUT2D eigenvalue weighted by Gasteiger charge is 2.41. The summed E-state index contributed by atoms with van der Waals surface area (Å²) >= 11 is 0. The standard InChI is InChI=1S/C15H23N5O/c1-15(2,3)20-12(11-9-7-6-8-10-11)13(21)19(16)14(17-20)18(4)5/h6-10,12H,16H2,1-5H3. The zero-order valence-electron chi connectivity index (χ0n) is 13.2. The summed E-state index contributed by atoms with van der Waals surface area (Å²) in [6, 6.07) is 9.08. The largest absolute Gasteiger partial charge is 0.346 e. The van der Waals surface area contributed by atoms with E-state index >= 15 is 0 Å². The van der Waals surface area contributed by atoms with E-state index < -0.39 is 6.04 Å². The molecule has 1 aromatic rings. The van der Waals surface area contributed by atoms with Crippen molar-refractivity contribution in [1.82, 2.24) is 14.9 Å². The first-order chi connectivity index (χ1) is 9.73. The number of hydrazine groups is 1. The fourth-order valence-corrected chi connectivity index (χ4v) is 2.30. The predicted octanol–water partition coefficient (Wildman–Crippen LogP) is 1.38. The molecule has 1 aromatic carbocycles. The number of rotatable bonds is 1. The van der Waals surface area contributed by atoms with Gasteiger partial charge in [-0.25, -0.2) is 10.9 Å². The van der Waals surface area contributed by atoms with Crippen molar-refractivity contribution in [3.8, 4) is 0 Å². The highest BCUT2D eigenvalue weighted by molar-refractivity contribution is 6.00. The Labute approximate surface area is 125 Å². The molecular formula is C15H23N5O. The minimum Gasteiger partial charge on any atom is -0.346 e. The Morgan fingerprint density at radius 1 is 1.19 bits per heavy atom. The van der Waals surface area contributed by atoms with Gasteiger partial charge in [-0.15, -0.1) is 5.10 Å². The number of hydrazone groups is 1. The Bertz CT molecular complexity index is 547. The maximum atomic E-state index is 12.7. The van der Waals surface area contributed by atoms with Crippen molar-refractivity contribution in [2.45, 2.75) is 32.4 Å². The van der Waals surface area contributed by atoms with Gasteiger partial charge in [0.05, 0.1) is 5.54 Å². The molecule has 0 saturated heterocycles. The lowest BCUT2D eigenvalue weighted by atomic mass is 9.99. The topological polar surface area (TPSA) is 65.2 Å². The molecule has 1 amide bonds. The monoisotopic (exact) mass is 289 g/mol. The Morgan fingerprint density at radius 3 is 2.24 bits per heavy atom. The van der Waals surface area contributed by atoms with Gasteiger partial charge in [-0.05, 0) is 26.3 Å². The molecule has 1 heterocycles. The Morgan fingerprint density at radius 2 is 1.76 bits per heavy atom. The van der Waals surface area contributed by atoms with Crippen LogP contribution in [0, 0.1) is 0 Å². The maximum absolute atomic E-state index is 12.7. The van der Waals surface area contributed by atoms with Crippen LogP contribution in [0.1, 0.15) is 32.4 Å².